The Balaban J connectivity index is 1.10. The van der Waals surface area contributed by atoms with Crippen LogP contribution >= 0.6 is 11.3 Å². The first kappa shape index (κ1) is 38.3. The number of anilines is 12. The van der Waals surface area contributed by atoms with Crippen molar-refractivity contribution in [1.29, 1.82) is 0 Å². The number of hydrogen-bond acceptors (Lipinski definition) is 5. The quantitative estimate of drug-likeness (QED) is 0.129. The Bertz CT molecular complexity index is 3680. The summed E-state index contributed by atoms with van der Waals surface area (Å²) in [5.74, 6) is -1.29. The molecular formula is C56H32B2F4N4S. The van der Waals surface area contributed by atoms with E-state index in [4.69, 9.17) is 0 Å². The SMILES string of the molecule is Fc1ccc(N2c3ccccc3B3c4cc5c(cc4N(c4ccc(F)cc4)c4cccc2c43)N(c2ccc(F)cc2)c2cccc3c2B5c2sc4ccccc4c2N3c2ccc(F)cc2)cc1. The maximum Gasteiger partial charge on any atom is 0.264 e. The molecule has 0 bridgehead atoms. The average Bonchev–Trinajstić information content (AvgIpc) is 3.74. The van der Waals surface area contributed by atoms with Crippen LogP contribution in [0.4, 0.5) is 85.8 Å². The van der Waals surface area contributed by atoms with Crippen LogP contribution in [0.2, 0.25) is 0 Å². The molecule has 4 nitrogen and oxygen atoms in total. The van der Waals surface area contributed by atoms with Crippen molar-refractivity contribution in [2.45, 2.75) is 0 Å². The van der Waals surface area contributed by atoms with Gasteiger partial charge < -0.3 is 19.6 Å². The van der Waals surface area contributed by atoms with E-state index in [1.54, 1.807) is 11.3 Å². The summed E-state index contributed by atoms with van der Waals surface area (Å²) in [7, 11) is 0. The molecule has 0 atom stereocenters. The van der Waals surface area contributed by atoms with E-state index in [-0.39, 0.29) is 36.7 Å². The fourth-order valence-electron chi connectivity index (χ4n) is 11.2. The third kappa shape index (κ3) is 5.49. The molecule has 9 aromatic carbocycles. The van der Waals surface area contributed by atoms with Gasteiger partial charge in [-0.15, -0.1) is 11.3 Å². The Morgan fingerprint density at radius 3 is 1.27 bits per heavy atom. The summed E-state index contributed by atoms with van der Waals surface area (Å²) in [4.78, 5) is 8.96. The van der Waals surface area contributed by atoms with Crippen molar-refractivity contribution in [3.8, 4) is 0 Å². The molecule has 4 aliphatic heterocycles. The molecular weight excluding hydrogens is 858 g/mol. The zero-order valence-electron chi connectivity index (χ0n) is 35.3. The predicted octanol–water partition coefficient (Wildman–Crippen LogP) is 11.6. The van der Waals surface area contributed by atoms with Gasteiger partial charge in [0.1, 0.15) is 23.3 Å². The number of hydrogen-bond donors (Lipinski definition) is 0. The van der Waals surface area contributed by atoms with Gasteiger partial charge in [0.05, 0.1) is 5.69 Å². The molecule has 0 fully saturated rings. The van der Waals surface area contributed by atoms with E-state index in [9.17, 15) is 17.6 Å². The van der Waals surface area contributed by atoms with E-state index in [0.717, 1.165) is 110 Å². The molecule has 316 valence electrons. The Labute approximate surface area is 388 Å². The molecule has 11 heteroatoms. The minimum Gasteiger partial charge on any atom is -0.311 e. The minimum atomic E-state index is -0.336. The fourth-order valence-corrected chi connectivity index (χ4v) is 12.5. The molecule has 0 saturated heterocycles. The smallest absolute Gasteiger partial charge is 0.264 e. The van der Waals surface area contributed by atoms with E-state index in [0.29, 0.717) is 0 Å². The third-order valence-corrected chi connectivity index (χ3v) is 15.1. The van der Waals surface area contributed by atoms with Gasteiger partial charge in [0.25, 0.3) is 13.4 Å². The second-order valence-electron chi connectivity index (χ2n) is 17.4. The van der Waals surface area contributed by atoms with Gasteiger partial charge in [-0.25, -0.2) is 17.6 Å². The number of benzene rings is 9. The first-order valence-corrected chi connectivity index (χ1v) is 23.0. The molecule has 14 rings (SSSR count). The van der Waals surface area contributed by atoms with Gasteiger partial charge in [0.2, 0.25) is 0 Å². The molecule has 0 radical (unpaired) electrons. The molecule has 0 N–H and O–H groups in total. The standard InChI is InChI=1S/C56H32B2F4N4S/c59-33-15-23-37(24-16-33)63-45-9-3-2-8-42(45)57-43-31-44-51(32-50(43)64(38-25-17-34(60)18-26-38)47-11-5-10-46(63)53(47)57)65(39-27-19-35(61)20-28-39)48-12-6-13-49-54(48)58(44)56-55(41-7-1-4-14-52(41)67-56)66(49)40-29-21-36(62)22-30-40/h1-32H. The lowest BCUT2D eigenvalue weighted by atomic mass is 9.31. The lowest BCUT2D eigenvalue weighted by molar-refractivity contribution is 0.627. The van der Waals surface area contributed by atoms with Crippen LogP contribution in [-0.4, -0.2) is 13.4 Å². The fraction of sp³-hybridized carbons (Fsp3) is 0. The highest BCUT2D eigenvalue weighted by atomic mass is 32.1. The monoisotopic (exact) mass is 890 g/mol. The molecule has 0 amide bonds. The van der Waals surface area contributed by atoms with Crippen LogP contribution in [-0.2, 0) is 0 Å². The summed E-state index contributed by atoms with van der Waals surface area (Å²) in [5.41, 5.74) is 16.4. The van der Waals surface area contributed by atoms with Crippen LogP contribution in [0.3, 0.4) is 0 Å². The summed E-state index contributed by atoms with van der Waals surface area (Å²) >= 11 is 1.77. The first-order valence-electron chi connectivity index (χ1n) is 22.2. The van der Waals surface area contributed by atoms with Gasteiger partial charge in [-0.1, -0.05) is 54.6 Å². The topological polar surface area (TPSA) is 13.0 Å². The lowest BCUT2D eigenvalue weighted by Gasteiger charge is -2.46. The van der Waals surface area contributed by atoms with Crippen molar-refractivity contribution in [3.05, 3.63) is 217 Å². The van der Waals surface area contributed by atoms with Gasteiger partial charge in [-0.3, -0.25) is 0 Å². The van der Waals surface area contributed by atoms with E-state index in [1.807, 2.05) is 54.6 Å². The molecule has 10 aromatic rings. The van der Waals surface area contributed by atoms with E-state index >= 15 is 0 Å². The summed E-state index contributed by atoms with van der Waals surface area (Å²) in [6, 6.07) is 60.8. The van der Waals surface area contributed by atoms with Gasteiger partial charge in [-0.05, 0) is 167 Å². The van der Waals surface area contributed by atoms with E-state index < -0.39 is 0 Å². The summed E-state index contributed by atoms with van der Waals surface area (Å²) in [5, 5.41) is 1.10. The van der Waals surface area contributed by atoms with Crippen LogP contribution in [0, 0.1) is 23.3 Å². The van der Waals surface area contributed by atoms with Crippen molar-refractivity contribution in [2.24, 2.45) is 0 Å². The van der Waals surface area contributed by atoms with Crippen LogP contribution < -0.4 is 51.7 Å². The molecule has 67 heavy (non-hydrogen) atoms. The molecule has 0 spiro atoms. The van der Waals surface area contributed by atoms with Crippen LogP contribution in [0.1, 0.15) is 0 Å². The molecule has 0 saturated carbocycles. The molecule has 0 unspecified atom stereocenters. The second-order valence-corrected chi connectivity index (χ2v) is 18.5. The molecule has 4 aliphatic rings. The highest BCUT2D eigenvalue weighted by molar-refractivity contribution is 7.33. The minimum absolute atomic E-state index is 0.238. The highest BCUT2D eigenvalue weighted by Crippen LogP contribution is 2.50. The first-order chi connectivity index (χ1) is 32.9. The maximum atomic E-state index is 14.9. The third-order valence-electron chi connectivity index (χ3n) is 13.9. The number of nitrogens with zero attached hydrogens (tertiary/aromatic N) is 4. The largest absolute Gasteiger partial charge is 0.311 e. The lowest BCUT2D eigenvalue weighted by Crippen LogP contribution is -2.64. The number of para-hydroxylation sites is 1. The van der Waals surface area contributed by atoms with Crippen LogP contribution in [0.25, 0.3) is 10.1 Å². The normalized spacial score (nSPS) is 13.8. The summed E-state index contributed by atoms with van der Waals surface area (Å²) < 4.78 is 61.3. The summed E-state index contributed by atoms with van der Waals surface area (Å²) in [6.45, 7) is -0.481. The van der Waals surface area contributed by atoms with E-state index in [2.05, 4.69) is 111 Å². The zero-order chi connectivity index (χ0) is 44.7. The van der Waals surface area contributed by atoms with Crippen LogP contribution in [0.15, 0.2) is 194 Å². The highest BCUT2D eigenvalue weighted by Gasteiger charge is 2.49. The van der Waals surface area contributed by atoms with Crippen LogP contribution in [0.5, 0.6) is 0 Å². The zero-order valence-corrected chi connectivity index (χ0v) is 36.2. The Morgan fingerprint density at radius 1 is 0.328 bits per heavy atom. The number of rotatable bonds is 4. The van der Waals surface area contributed by atoms with Crippen molar-refractivity contribution in [1.82, 2.24) is 0 Å². The van der Waals surface area contributed by atoms with Crippen molar-refractivity contribution >= 4 is 135 Å². The molecule has 5 heterocycles. The molecule has 1 aromatic heterocycles. The number of halogens is 4. The van der Waals surface area contributed by atoms with Crippen molar-refractivity contribution in [2.75, 3.05) is 19.6 Å². The Morgan fingerprint density at radius 2 is 0.731 bits per heavy atom. The predicted molar refractivity (Wildman–Crippen MR) is 270 cm³/mol. The Kier molecular flexibility index (Phi) is 8.14. The summed E-state index contributed by atoms with van der Waals surface area (Å²) in [6.07, 6.45) is 0. The average molecular weight is 891 g/mol. The Hall–Kier alpha value is -8.01. The number of fused-ring (bicyclic) bond motifs is 10. The van der Waals surface area contributed by atoms with Gasteiger partial charge in [-0.2, -0.15) is 0 Å². The van der Waals surface area contributed by atoms with Gasteiger partial charge in [0, 0.05) is 77.4 Å². The maximum absolute atomic E-state index is 14.9. The molecule has 0 aliphatic carbocycles. The van der Waals surface area contributed by atoms with Crippen molar-refractivity contribution < 1.29 is 17.6 Å². The van der Waals surface area contributed by atoms with Gasteiger partial charge >= 0.3 is 0 Å². The second kappa shape index (κ2) is 14.2. The van der Waals surface area contributed by atoms with E-state index in [1.165, 1.54) is 48.5 Å². The van der Waals surface area contributed by atoms with Gasteiger partial charge in [0.15, 0.2) is 0 Å². The van der Waals surface area contributed by atoms with Crippen molar-refractivity contribution in [3.63, 3.8) is 0 Å². The number of thiophene rings is 1.